The van der Waals surface area contributed by atoms with Crippen LogP contribution < -0.4 is 0 Å². The van der Waals surface area contributed by atoms with Gasteiger partial charge < -0.3 is 0 Å². The molecule has 3 rings (SSSR count). The van der Waals surface area contributed by atoms with Crippen molar-refractivity contribution in [3.8, 4) is 11.3 Å². The van der Waals surface area contributed by atoms with Crippen LogP contribution in [0.2, 0.25) is 0 Å². The minimum absolute atomic E-state index is 0.683. The Labute approximate surface area is 109 Å². The van der Waals surface area contributed by atoms with Gasteiger partial charge >= 0.3 is 0 Å². The van der Waals surface area contributed by atoms with Crippen LogP contribution in [0.25, 0.3) is 11.3 Å². The van der Waals surface area contributed by atoms with Gasteiger partial charge in [0.05, 0.1) is 11.4 Å². The van der Waals surface area contributed by atoms with Gasteiger partial charge in [0.1, 0.15) is 0 Å². The Morgan fingerprint density at radius 2 is 1.78 bits per heavy atom. The number of hydrogen-bond acceptors (Lipinski definition) is 1. The molecule has 0 saturated heterocycles. The van der Waals surface area contributed by atoms with Gasteiger partial charge in [-0.2, -0.15) is 5.10 Å². The van der Waals surface area contributed by atoms with Crippen molar-refractivity contribution >= 4 is 0 Å². The number of nitrogens with zero attached hydrogens (tertiary/aromatic N) is 2. The zero-order valence-corrected chi connectivity index (χ0v) is 11.0. The minimum Gasteiger partial charge on any atom is -0.268 e. The normalized spacial score (nSPS) is 16.9. The van der Waals surface area contributed by atoms with Gasteiger partial charge in [0.2, 0.25) is 0 Å². The first kappa shape index (κ1) is 11.5. The highest BCUT2D eigenvalue weighted by Crippen LogP contribution is 2.33. The highest BCUT2D eigenvalue weighted by atomic mass is 15.3. The highest BCUT2D eigenvalue weighted by Gasteiger charge is 2.19. The molecule has 1 fully saturated rings. The van der Waals surface area contributed by atoms with Crippen molar-refractivity contribution < 1.29 is 0 Å². The summed E-state index contributed by atoms with van der Waals surface area (Å²) < 4.78 is 2.03. The van der Waals surface area contributed by atoms with Gasteiger partial charge in [-0.25, -0.2) is 0 Å². The molecule has 2 nitrogen and oxygen atoms in total. The molecule has 0 bridgehead atoms. The fourth-order valence-electron chi connectivity index (χ4n) is 2.97. The van der Waals surface area contributed by atoms with Gasteiger partial charge in [-0.15, -0.1) is 0 Å². The maximum atomic E-state index is 4.73. The van der Waals surface area contributed by atoms with E-state index in [-0.39, 0.29) is 0 Å². The van der Waals surface area contributed by atoms with Gasteiger partial charge in [-0.1, -0.05) is 49.6 Å². The van der Waals surface area contributed by atoms with E-state index in [0.29, 0.717) is 5.92 Å². The van der Waals surface area contributed by atoms with Crippen LogP contribution in [0.1, 0.15) is 43.7 Å². The molecule has 94 valence electrons. The lowest BCUT2D eigenvalue weighted by atomic mass is 9.87. The Balaban J connectivity index is 1.91. The van der Waals surface area contributed by atoms with E-state index in [1.54, 1.807) is 0 Å². The van der Waals surface area contributed by atoms with Gasteiger partial charge in [-0.05, 0) is 24.5 Å². The zero-order chi connectivity index (χ0) is 12.4. The summed E-state index contributed by atoms with van der Waals surface area (Å²) in [7, 11) is 2.05. The van der Waals surface area contributed by atoms with Gasteiger partial charge in [0, 0.05) is 13.0 Å². The molecule has 1 aromatic heterocycles. The van der Waals surface area contributed by atoms with Crippen LogP contribution in [0, 0.1) is 0 Å². The zero-order valence-electron chi connectivity index (χ0n) is 11.0. The summed E-state index contributed by atoms with van der Waals surface area (Å²) in [5.41, 5.74) is 3.78. The van der Waals surface area contributed by atoms with Crippen molar-refractivity contribution in [2.45, 2.75) is 38.0 Å². The van der Waals surface area contributed by atoms with E-state index in [4.69, 9.17) is 5.10 Å². The first-order chi connectivity index (χ1) is 8.84. The maximum absolute atomic E-state index is 4.73. The standard InChI is InChI=1S/C16H20N2/c1-18-16(14-10-6-3-7-11-14)12-15(17-18)13-8-4-2-5-9-13/h3,6-7,10-13H,2,4-5,8-9H2,1H3. The SMILES string of the molecule is Cn1nc(C2CCCCC2)cc1-c1ccccc1. The molecule has 1 aromatic carbocycles. The summed E-state index contributed by atoms with van der Waals surface area (Å²) in [4.78, 5) is 0. The van der Waals surface area contributed by atoms with E-state index in [1.165, 1.54) is 49.1 Å². The molecule has 0 aliphatic heterocycles. The second kappa shape index (κ2) is 4.97. The molecule has 0 unspecified atom stereocenters. The molecular formula is C16H20N2. The third-order valence-corrected chi connectivity index (χ3v) is 3.99. The third-order valence-electron chi connectivity index (χ3n) is 3.99. The average Bonchev–Trinajstić information content (AvgIpc) is 2.83. The van der Waals surface area contributed by atoms with Crippen molar-refractivity contribution in [1.29, 1.82) is 0 Å². The van der Waals surface area contributed by atoms with Crippen LogP contribution in [0.5, 0.6) is 0 Å². The molecule has 0 N–H and O–H groups in total. The van der Waals surface area contributed by atoms with E-state index in [2.05, 4.69) is 43.4 Å². The van der Waals surface area contributed by atoms with Crippen LogP contribution in [0.15, 0.2) is 36.4 Å². The Hall–Kier alpha value is -1.57. The minimum atomic E-state index is 0.683. The lowest BCUT2D eigenvalue weighted by Gasteiger charge is -2.19. The molecule has 0 radical (unpaired) electrons. The van der Waals surface area contributed by atoms with E-state index in [1.807, 2.05) is 4.68 Å². The monoisotopic (exact) mass is 240 g/mol. The summed E-state index contributed by atoms with van der Waals surface area (Å²) in [5, 5.41) is 4.73. The van der Waals surface area contributed by atoms with E-state index < -0.39 is 0 Å². The highest BCUT2D eigenvalue weighted by molar-refractivity contribution is 5.59. The second-order valence-corrected chi connectivity index (χ2v) is 5.28. The van der Waals surface area contributed by atoms with Crippen molar-refractivity contribution in [2.75, 3.05) is 0 Å². The first-order valence-corrected chi connectivity index (χ1v) is 6.94. The van der Waals surface area contributed by atoms with E-state index in [0.717, 1.165) is 0 Å². The van der Waals surface area contributed by atoms with Crippen molar-refractivity contribution in [3.05, 3.63) is 42.1 Å². The predicted octanol–water partition coefficient (Wildman–Crippen LogP) is 4.13. The van der Waals surface area contributed by atoms with Gasteiger partial charge in [0.15, 0.2) is 0 Å². The number of aromatic nitrogens is 2. The van der Waals surface area contributed by atoms with E-state index >= 15 is 0 Å². The van der Waals surface area contributed by atoms with Crippen LogP contribution >= 0.6 is 0 Å². The fourth-order valence-corrected chi connectivity index (χ4v) is 2.97. The Morgan fingerprint density at radius 3 is 2.50 bits per heavy atom. The lowest BCUT2D eigenvalue weighted by Crippen LogP contribution is -2.05. The quantitative estimate of drug-likeness (QED) is 0.771. The summed E-state index contributed by atoms with van der Waals surface area (Å²) in [5.74, 6) is 0.683. The molecule has 18 heavy (non-hydrogen) atoms. The van der Waals surface area contributed by atoms with Crippen LogP contribution in [-0.2, 0) is 7.05 Å². The molecule has 0 atom stereocenters. The first-order valence-electron chi connectivity index (χ1n) is 6.94. The molecule has 2 heteroatoms. The molecule has 0 amide bonds. The molecule has 0 spiro atoms. The largest absolute Gasteiger partial charge is 0.268 e. The van der Waals surface area contributed by atoms with Gasteiger partial charge in [0.25, 0.3) is 0 Å². The van der Waals surface area contributed by atoms with Crippen molar-refractivity contribution in [3.63, 3.8) is 0 Å². The topological polar surface area (TPSA) is 17.8 Å². The number of rotatable bonds is 2. The molecule has 2 aromatic rings. The summed E-state index contributed by atoms with van der Waals surface area (Å²) in [6, 6.07) is 12.8. The second-order valence-electron chi connectivity index (χ2n) is 5.28. The number of aryl methyl sites for hydroxylation is 1. The molecule has 1 aliphatic rings. The van der Waals surface area contributed by atoms with Crippen LogP contribution in [0.4, 0.5) is 0 Å². The Kier molecular flexibility index (Phi) is 3.18. The fraction of sp³-hybridized carbons (Fsp3) is 0.438. The molecule has 1 aliphatic carbocycles. The molecule has 1 saturated carbocycles. The molecular weight excluding hydrogens is 220 g/mol. The van der Waals surface area contributed by atoms with Crippen molar-refractivity contribution in [2.24, 2.45) is 7.05 Å². The Bertz CT molecular complexity index is 507. The lowest BCUT2D eigenvalue weighted by molar-refractivity contribution is 0.433. The van der Waals surface area contributed by atoms with Crippen LogP contribution in [0.3, 0.4) is 0 Å². The molecule has 1 heterocycles. The smallest absolute Gasteiger partial charge is 0.0681 e. The van der Waals surface area contributed by atoms with E-state index in [9.17, 15) is 0 Å². The Morgan fingerprint density at radius 1 is 1.06 bits per heavy atom. The van der Waals surface area contributed by atoms with Crippen LogP contribution in [-0.4, -0.2) is 9.78 Å². The summed E-state index contributed by atoms with van der Waals surface area (Å²) in [6.45, 7) is 0. The third kappa shape index (κ3) is 2.20. The maximum Gasteiger partial charge on any atom is 0.0681 e. The predicted molar refractivity (Wildman–Crippen MR) is 74.5 cm³/mol. The van der Waals surface area contributed by atoms with Gasteiger partial charge in [-0.3, -0.25) is 4.68 Å². The summed E-state index contributed by atoms with van der Waals surface area (Å²) in [6.07, 6.45) is 6.75. The average molecular weight is 240 g/mol. The van der Waals surface area contributed by atoms with Crippen molar-refractivity contribution in [1.82, 2.24) is 9.78 Å². The number of hydrogen-bond donors (Lipinski definition) is 0. The summed E-state index contributed by atoms with van der Waals surface area (Å²) >= 11 is 0. The number of benzene rings is 1.